The van der Waals surface area contributed by atoms with Crippen molar-refractivity contribution in [2.75, 3.05) is 26.2 Å². The Balaban J connectivity index is 1.41. The Morgan fingerprint density at radius 3 is 2.35 bits per heavy atom. The van der Waals surface area contributed by atoms with Crippen molar-refractivity contribution in [3.8, 4) is 5.75 Å². The Morgan fingerprint density at radius 2 is 1.55 bits per heavy atom. The van der Waals surface area contributed by atoms with Crippen molar-refractivity contribution in [2.24, 2.45) is 0 Å². The monoisotopic (exact) mass is 436 g/mol. The lowest BCUT2D eigenvalue weighted by atomic mass is 10.0. The normalized spacial score (nSPS) is 15.4. The van der Waals surface area contributed by atoms with Crippen LogP contribution in [0.2, 0.25) is 5.02 Å². The molecule has 1 aliphatic rings. The molecule has 31 heavy (non-hydrogen) atoms. The first-order chi connectivity index (χ1) is 15.0. The molecule has 5 nitrogen and oxygen atoms in total. The smallest absolute Gasteiger partial charge is 0.263 e. The molecule has 1 unspecified atom stereocenters. The highest BCUT2D eigenvalue weighted by molar-refractivity contribution is 6.30. The molecule has 160 valence electrons. The van der Waals surface area contributed by atoms with E-state index >= 15 is 0 Å². The summed E-state index contributed by atoms with van der Waals surface area (Å²) in [6, 6.07) is 20.7. The van der Waals surface area contributed by atoms with Crippen LogP contribution in [0.15, 0.2) is 66.7 Å². The van der Waals surface area contributed by atoms with Crippen molar-refractivity contribution in [1.82, 2.24) is 9.80 Å². The molecule has 1 saturated heterocycles. The van der Waals surface area contributed by atoms with Gasteiger partial charge in [-0.15, -0.1) is 0 Å². The number of fused-ring (bicyclic) bond motifs is 1. The average Bonchev–Trinajstić information content (AvgIpc) is 3.05. The minimum absolute atomic E-state index is 0.0107. The van der Waals surface area contributed by atoms with Crippen molar-refractivity contribution in [3.05, 3.63) is 77.3 Å². The molecule has 0 N–H and O–H groups in total. The number of nitrogens with zero attached hydrogens (tertiary/aromatic N) is 2. The third-order valence-electron chi connectivity index (χ3n) is 5.59. The molecule has 6 heteroatoms. The SMILES string of the molecule is CC(Oc1ccc(Cl)cc1)C(=O)N1CCCN(C(=O)c2cccc3ccccc23)CC1. The maximum Gasteiger partial charge on any atom is 0.263 e. The third kappa shape index (κ3) is 4.83. The van der Waals surface area contributed by atoms with Gasteiger partial charge >= 0.3 is 0 Å². The van der Waals surface area contributed by atoms with Gasteiger partial charge in [-0.1, -0.05) is 48.0 Å². The number of hydrogen-bond acceptors (Lipinski definition) is 3. The summed E-state index contributed by atoms with van der Waals surface area (Å²) in [4.78, 5) is 29.8. The first-order valence-corrected chi connectivity index (χ1v) is 10.9. The molecule has 4 rings (SSSR count). The molecule has 0 aromatic heterocycles. The van der Waals surface area contributed by atoms with E-state index in [1.165, 1.54) is 0 Å². The molecular formula is C25H25ClN2O3. The number of halogens is 1. The van der Waals surface area contributed by atoms with Crippen molar-refractivity contribution in [2.45, 2.75) is 19.4 Å². The van der Waals surface area contributed by atoms with Crippen LogP contribution in [-0.2, 0) is 4.79 Å². The van der Waals surface area contributed by atoms with Crippen LogP contribution < -0.4 is 4.74 Å². The van der Waals surface area contributed by atoms with Gasteiger partial charge in [0.05, 0.1) is 0 Å². The Bertz CT molecular complexity index is 1080. The molecule has 1 atom stereocenters. The van der Waals surface area contributed by atoms with E-state index in [1.807, 2.05) is 47.4 Å². The van der Waals surface area contributed by atoms with Gasteiger partial charge in [0.15, 0.2) is 6.10 Å². The maximum absolute atomic E-state index is 13.2. The van der Waals surface area contributed by atoms with E-state index in [1.54, 1.807) is 36.1 Å². The van der Waals surface area contributed by atoms with Crippen LogP contribution in [0, 0.1) is 0 Å². The molecule has 0 bridgehead atoms. The van der Waals surface area contributed by atoms with E-state index in [0.29, 0.717) is 42.5 Å². The molecule has 1 fully saturated rings. The molecule has 3 aromatic rings. The largest absolute Gasteiger partial charge is 0.481 e. The van der Waals surface area contributed by atoms with Gasteiger partial charge in [-0.05, 0) is 54.4 Å². The highest BCUT2D eigenvalue weighted by Gasteiger charge is 2.27. The van der Waals surface area contributed by atoms with Crippen molar-refractivity contribution in [1.29, 1.82) is 0 Å². The zero-order valence-corrected chi connectivity index (χ0v) is 18.2. The number of amides is 2. The van der Waals surface area contributed by atoms with Crippen LogP contribution in [0.5, 0.6) is 5.75 Å². The second kappa shape index (κ2) is 9.40. The number of carbonyl (C=O) groups is 2. The Morgan fingerprint density at radius 1 is 0.871 bits per heavy atom. The van der Waals surface area contributed by atoms with Crippen molar-refractivity contribution in [3.63, 3.8) is 0 Å². The van der Waals surface area contributed by atoms with Crippen LogP contribution in [0.4, 0.5) is 0 Å². The summed E-state index contributed by atoms with van der Waals surface area (Å²) in [7, 11) is 0. The predicted molar refractivity (Wildman–Crippen MR) is 123 cm³/mol. The van der Waals surface area contributed by atoms with Gasteiger partial charge in [0, 0.05) is 36.8 Å². The number of rotatable bonds is 4. The lowest BCUT2D eigenvalue weighted by Crippen LogP contribution is -2.43. The molecule has 1 heterocycles. The van der Waals surface area contributed by atoms with Crippen molar-refractivity contribution < 1.29 is 14.3 Å². The van der Waals surface area contributed by atoms with E-state index in [4.69, 9.17) is 16.3 Å². The molecule has 1 aliphatic heterocycles. The maximum atomic E-state index is 13.2. The zero-order valence-electron chi connectivity index (χ0n) is 17.5. The lowest BCUT2D eigenvalue weighted by molar-refractivity contribution is -0.137. The third-order valence-corrected chi connectivity index (χ3v) is 5.84. The van der Waals surface area contributed by atoms with Gasteiger partial charge in [-0.2, -0.15) is 0 Å². The summed E-state index contributed by atoms with van der Waals surface area (Å²) in [5.74, 6) is 0.541. The van der Waals surface area contributed by atoms with Crippen LogP contribution in [-0.4, -0.2) is 53.9 Å². The summed E-state index contributed by atoms with van der Waals surface area (Å²) in [5.41, 5.74) is 0.706. The summed E-state index contributed by atoms with van der Waals surface area (Å²) < 4.78 is 5.79. The van der Waals surface area contributed by atoms with E-state index < -0.39 is 6.10 Å². The summed E-state index contributed by atoms with van der Waals surface area (Å²) in [6.45, 7) is 3.97. The summed E-state index contributed by atoms with van der Waals surface area (Å²) in [5, 5.41) is 2.63. The highest BCUT2D eigenvalue weighted by atomic mass is 35.5. The van der Waals surface area contributed by atoms with Gasteiger partial charge in [0.2, 0.25) is 0 Å². The number of benzene rings is 3. The Labute approximate surface area is 187 Å². The van der Waals surface area contributed by atoms with Crippen LogP contribution in [0.1, 0.15) is 23.7 Å². The lowest BCUT2D eigenvalue weighted by Gasteiger charge is -2.25. The summed E-state index contributed by atoms with van der Waals surface area (Å²) in [6.07, 6.45) is 0.122. The fourth-order valence-electron chi connectivity index (χ4n) is 3.95. The predicted octanol–water partition coefficient (Wildman–Crippen LogP) is 4.64. The van der Waals surface area contributed by atoms with E-state index in [9.17, 15) is 9.59 Å². The molecule has 0 saturated carbocycles. The Kier molecular flexibility index (Phi) is 6.42. The second-order valence-corrected chi connectivity index (χ2v) is 8.15. The van der Waals surface area contributed by atoms with Crippen molar-refractivity contribution >= 4 is 34.2 Å². The van der Waals surface area contributed by atoms with Gasteiger partial charge in [0.1, 0.15) is 5.75 Å². The van der Waals surface area contributed by atoms with Crippen LogP contribution in [0.3, 0.4) is 0 Å². The molecule has 3 aromatic carbocycles. The fraction of sp³-hybridized carbons (Fsp3) is 0.280. The standard InChI is InChI=1S/C25H25ClN2O3/c1-18(31-21-12-10-20(26)11-13-21)24(29)27-14-5-15-28(17-16-27)25(30)23-9-4-7-19-6-2-3-8-22(19)23/h2-4,6-13,18H,5,14-17H2,1H3. The minimum Gasteiger partial charge on any atom is -0.481 e. The van der Waals surface area contributed by atoms with E-state index in [2.05, 4.69) is 0 Å². The molecular weight excluding hydrogens is 412 g/mol. The average molecular weight is 437 g/mol. The van der Waals surface area contributed by atoms with Crippen LogP contribution in [0.25, 0.3) is 10.8 Å². The van der Waals surface area contributed by atoms with Gasteiger partial charge in [-0.25, -0.2) is 0 Å². The van der Waals surface area contributed by atoms with E-state index in [0.717, 1.165) is 17.2 Å². The first kappa shape index (κ1) is 21.2. The zero-order chi connectivity index (χ0) is 21.8. The number of carbonyl (C=O) groups excluding carboxylic acids is 2. The summed E-state index contributed by atoms with van der Waals surface area (Å²) >= 11 is 5.90. The molecule has 0 radical (unpaired) electrons. The van der Waals surface area contributed by atoms with Gasteiger partial charge in [0.25, 0.3) is 11.8 Å². The highest BCUT2D eigenvalue weighted by Crippen LogP contribution is 2.21. The Hall–Kier alpha value is -3.05. The molecule has 0 spiro atoms. The topological polar surface area (TPSA) is 49.9 Å². The van der Waals surface area contributed by atoms with Crippen LogP contribution >= 0.6 is 11.6 Å². The molecule has 2 amide bonds. The van der Waals surface area contributed by atoms with E-state index in [-0.39, 0.29) is 11.8 Å². The number of hydrogen-bond donors (Lipinski definition) is 0. The first-order valence-electron chi connectivity index (χ1n) is 10.5. The second-order valence-electron chi connectivity index (χ2n) is 7.71. The quantitative estimate of drug-likeness (QED) is 0.598. The number of ether oxygens (including phenoxy) is 1. The fourth-order valence-corrected chi connectivity index (χ4v) is 4.07. The van der Waals surface area contributed by atoms with Gasteiger partial charge < -0.3 is 14.5 Å². The molecule has 0 aliphatic carbocycles. The minimum atomic E-state index is -0.610. The van der Waals surface area contributed by atoms with Gasteiger partial charge in [-0.3, -0.25) is 9.59 Å².